The van der Waals surface area contributed by atoms with Gasteiger partial charge in [0.05, 0.1) is 17.5 Å². The van der Waals surface area contributed by atoms with E-state index in [0.29, 0.717) is 17.8 Å². The molecule has 1 aromatic heterocycles. The van der Waals surface area contributed by atoms with Gasteiger partial charge in [-0.1, -0.05) is 35.5 Å². The van der Waals surface area contributed by atoms with E-state index in [1.54, 1.807) is 12.1 Å². The summed E-state index contributed by atoms with van der Waals surface area (Å²) in [6.45, 7) is 0.472. The minimum absolute atomic E-state index is 0.191. The maximum Gasteiger partial charge on any atom is 0.253 e. The number of benzene rings is 1. The molecule has 96 valence electrons. The molecule has 2 N–H and O–H groups in total. The number of aromatic nitrogens is 1. The van der Waals surface area contributed by atoms with E-state index in [1.807, 2.05) is 30.3 Å². The van der Waals surface area contributed by atoms with Crippen molar-refractivity contribution in [1.82, 2.24) is 10.3 Å². The third-order valence-corrected chi connectivity index (χ3v) is 2.53. The standard InChI is InChI=1S/C14H13N3O2/c18-14(16-8-11-4-2-1-3-5-11)12-6-7-13(10-17-19)15-9-12/h1-7,9-10,19H,8H2,(H,16,18)/b17-10-. The van der Waals surface area contributed by atoms with Gasteiger partial charge in [0.15, 0.2) is 0 Å². The lowest BCUT2D eigenvalue weighted by atomic mass is 10.2. The van der Waals surface area contributed by atoms with Crippen LogP contribution >= 0.6 is 0 Å². The molecular weight excluding hydrogens is 242 g/mol. The van der Waals surface area contributed by atoms with Crippen LogP contribution in [0, 0.1) is 0 Å². The van der Waals surface area contributed by atoms with Crippen LogP contribution in [0.25, 0.3) is 0 Å². The summed E-state index contributed by atoms with van der Waals surface area (Å²) in [6.07, 6.45) is 2.64. The third-order valence-electron chi connectivity index (χ3n) is 2.53. The number of hydrogen-bond acceptors (Lipinski definition) is 4. The Kier molecular flexibility index (Phi) is 4.23. The van der Waals surface area contributed by atoms with Crippen LogP contribution in [0.1, 0.15) is 21.6 Å². The highest BCUT2D eigenvalue weighted by Crippen LogP contribution is 2.01. The number of pyridine rings is 1. The summed E-state index contributed by atoms with van der Waals surface area (Å²) in [5, 5.41) is 14.0. The van der Waals surface area contributed by atoms with Gasteiger partial charge in [0.25, 0.3) is 5.91 Å². The Hall–Kier alpha value is -2.69. The lowest BCUT2D eigenvalue weighted by Crippen LogP contribution is -2.22. The Bertz CT molecular complexity index is 565. The van der Waals surface area contributed by atoms with Crippen LogP contribution in [-0.4, -0.2) is 22.3 Å². The number of oxime groups is 1. The Labute approximate surface area is 110 Å². The summed E-state index contributed by atoms with van der Waals surface area (Å²) in [5.41, 5.74) is 1.99. The Morgan fingerprint density at radius 2 is 2.05 bits per heavy atom. The van der Waals surface area contributed by atoms with Gasteiger partial charge in [0.1, 0.15) is 0 Å². The van der Waals surface area contributed by atoms with Crippen molar-refractivity contribution < 1.29 is 10.0 Å². The highest BCUT2D eigenvalue weighted by molar-refractivity contribution is 5.94. The molecule has 0 aliphatic rings. The van der Waals surface area contributed by atoms with Crippen LogP contribution in [0.5, 0.6) is 0 Å². The lowest BCUT2D eigenvalue weighted by Gasteiger charge is -2.05. The van der Waals surface area contributed by atoms with E-state index in [0.717, 1.165) is 5.56 Å². The van der Waals surface area contributed by atoms with Crippen LogP contribution in [-0.2, 0) is 6.54 Å². The molecule has 5 heteroatoms. The van der Waals surface area contributed by atoms with Gasteiger partial charge in [-0.05, 0) is 17.7 Å². The van der Waals surface area contributed by atoms with Gasteiger partial charge >= 0.3 is 0 Å². The second kappa shape index (κ2) is 6.30. The maximum absolute atomic E-state index is 11.9. The van der Waals surface area contributed by atoms with Gasteiger partial charge in [0.2, 0.25) is 0 Å². The molecule has 0 saturated heterocycles. The SMILES string of the molecule is O=C(NCc1ccccc1)c1ccc(/C=N\O)nc1. The van der Waals surface area contributed by atoms with Gasteiger partial charge in [-0.2, -0.15) is 0 Å². The lowest BCUT2D eigenvalue weighted by molar-refractivity contribution is 0.0950. The van der Waals surface area contributed by atoms with E-state index in [-0.39, 0.29) is 5.91 Å². The summed E-state index contributed by atoms with van der Waals surface area (Å²) < 4.78 is 0. The molecule has 5 nitrogen and oxygen atoms in total. The molecule has 0 spiro atoms. The molecule has 0 bridgehead atoms. The summed E-state index contributed by atoms with van der Waals surface area (Å²) in [6, 6.07) is 12.9. The maximum atomic E-state index is 11.9. The fraction of sp³-hybridized carbons (Fsp3) is 0.0714. The Morgan fingerprint density at radius 1 is 1.26 bits per heavy atom. The number of amides is 1. The van der Waals surface area contributed by atoms with Gasteiger partial charge in [0, 0.05) is 12.7 Å². The van der Waals surface area contributed by atoms with Crippen LogP contribution < -0.4 is 5.32 Å². The van der Waals surface area contributed by atoms with Crippen molar-refractivity contribution in [2.75, 3.05) is 0 Å². The van der Waals surface area contributed by atoms with Crippen LogP contribution in [0.4, 0.5) is 0 Å². The number of carbonyl (C=O) groups excluding carboxylic acids is 1. The van der Waals surface area contributed by atoms with Gasteiger partial charge in [-0.25, -0.2) is 0 Å². The highest BCUT2D eigenvalue weighted by Gasteiger charge is 2.05. The normalized spacial score (nSPS) is 10.5. The van der Waals surface area contributed by atoms with E-state index >= 15 is 0 Å². The average molecular weight is 255 g/mol. The first kappa shape index (κ1) is 12.8. The minimum Gasteiger partial charge on any atom is -0.411 e. The molecule has 2 aromatic rings. The zero-order valence-corrected chi connectivity index (χ0v) is 10.2. The minimum atomic E-state index is -0.191. The molecule has 0 unspecified atom stereocenters. The third kappa shape index (κ3) is 3.64. The fourth-order valence-electron chi connectivity index (χ4n) is 1.56. The zero-order valence-electron chi connectivity index (χ0n) is 10.2. The van der Waals surface area contributed by atoms with E-state index in [9.17, 15) is 4.79 Å². The summed E-state index contributed by atoms with van der Waals surface area (Å²) in [7, 11) is 0. The van der Waals surface area contributed by atoms with Crippen LogP contribution in [0.3, 0.4) is 0 Å². The van der Waals surface area contributed by atoms with Crippen LogP contribution in [0.2, 0.25) is 0 Å². The van der Waals surface area contributed by atoms with Crippen molar-refractivity contribution >= 4 is 12.1 Å². The van der Waals surface area contributed by atoms with E-state index in [4.69, 9.17) is 5.21 Å². The van der Waals surface area contributed by atoms with E-state index in [2.05, 4.69) is 15.5 Å². The Balaban J connectivity index is 1.96. The molecule has 0 aliphatic heterocycles. The largest absolute Gasteiger partial charge is 0.411 e. The van der Waals surface area contributed by atoms with Gasteiger partial charge < -0.3 is 10.5 Å². The molecule has 2 rings (SSSR count). The predicted molar refractivity (Wildman–Crippen MR) is 71.2 cm³/mol. The average Bonchev–Trinajstić information content (AvgIpc) is 2.47. The summed E-state index contributed by atoms with van der Waals surface area (Å²) in [5.74, 6) is -0.191. The van der Waals surface area contributed by atoms with E-state index < -0.39 is 0 Å². The highest BCUT2D eigenvalue weighted by atomic mass is 16.4. The van der Waals surface area contributed by atoms with Crippen LogP contribution in [0.15, 0.2) is 53.8 Å². The number of rotatable bonds is 4. The monoisotopic (exact) mass is 255 g/mol. The van der Waals surface area contributed by atoms with E-state index in [1.165, 1.54) is 12.4 Å². The molecule has 1 heterocycles. The van der Waals surface area contributed by atoms with Crippen molar-refractivity contribution in [2.24, 2.45) is 5.16 Å². The first-order valence-corrected chi connectivity index (χ1v) is 5.75. The molecule has 0 aliphatic carbocycles. The topological polar surface area (TPSA) is 74.6 Å². The summed E-state index contributed by atoms with van der Waals surface area (Å²) >= 11 is 0. The van der Waals surface area contributed by atoms with Crippen molar-refractivity contribution in [1.29, 1.82) is 0 Å². The number of nitrogens with zero attached hydrogens (tertiary/aromatic N) is 2. The van der Waals surface area contributed by atoms with Crippen molar-refractivity contribution in [2.45, 2.75) is 6.54 Å². The first-order valence-electron chi connectivity index (χ1n) is 5.75. The number of carbonyl (C=O) groups is 1. The second-order valence-electron chi connectivity index (χ2n) is 3.88. The quantitative estimate of drug-likeness (QED) is 0.497. The molecular formula is C14H13N3O2. The fourth-order valence-corrected chi connectivity index (χ4v) is 1.56. The molecule has 0 saturated carbocycles. The molecule has 0 fully saturated rings. The van der Waals surface area contributed by atoms with Crippen molar-refractivity contribution in [3.05, 3.63) is 65.5 Å². The van der Waals surface area contributed by atoms with Gasteiger partial charge in [-0.3, -0.25) is 9.78 Å². The molecule has 19 heavy (non-hydrogen) atoms. The Morgan fingerprint density at radius 3 is 2.68 bits per heavy atom. The number of hydrogen-bond donors (Lipinski definition) is 2. The van der Waals surface area contributed by atoms with Crippen molar-refractivity contribution in [3.63, 3.8) is 0 Å². The molecule has 1 amide bonds. The smallest absolute Gasteiger partial charge is 0.253 e. The zero-order chi connectivity index (χ0) is 13.5. The first-order chi connectivity index (χ1) is 9.29. The molecule has 0 radical (unpaired) electrons. The molecule has 0 atom stereocenters. The molecule has 1 aromatic carbocycles. The van der Waals surface area contributed by atoms with Gasteiger partial charge in [-0.15, -0.1) is 0 Å². The second-order valence-corrected chi connectivity index (χ2v) is 3.88. The van der Waals surface area contributed by atoms with Crippen molar-refractivity contribution in [3.8, 4) is 0 Å². The number of nitrogens with one attached hydrogen (secondary N) is 1. The predicted octanol–water partition coefficient (Wildman–Crippen LogP) is 1.82. The summed E-state index contributed by atoms with van der Waals surface area (Å²) in [4.78, 5) is 15.8.